The van der Waals surface area contributed by atoms with Gasteiger partial charge >= 0.3 is 6.08 Å². The van der Waals surface area contributed by atoms with E-state index in [2.05, 4.69) is 36.2 Å². The van der Waals surface area contributed by atoms with Gasteiger partial charge in [0.25, 0.3) is 0 Å². The molecule has 26 heavy (non-hydrogen) atoms. The fourth-order valence-corrected chi connectivity index (χ4v) is 3.59. The molecular weight excluding hydrogens is 401 g/mol. The lowest BCUT2D eigenvalue weighted by Gasteiger charge is -2.17. The fraction of sp³-hybridized carbons (Fsp3) is 0.389. The average Bonchev–Trinajstić information content (AvgIpc) is 2.87. The standard InChI is InChI=1S/C18H19BrFN5O/c19-13-7-4-3-6-12(13)10-21-16-15-17(24-18(20)23-16)25(11-22-15)14-8-2-1-5-9-26-14/h3-4,6-7,11,14H,1-2,5,8-10H2,(H,21,23,24). The Labute approximate surface area is 158 Å². The molecule has 6 nitrogen and oxygen atoms in total. The number of hydrogen-bond donors (Lipinski definition) is 1. The van der Waals surface area contributed by atoms with Gasteiger partial charge in [-0.2, -0.15) is 14.4 Å². The highest BCUT2D eigenvalue weighted by Gasteiger charge is 2.20. The number of fused-ring (bicyclic) bond motifs is 1. The molecule has 0 saturated carbocycles. The second-order valence-corrected chi connectivity index (χ2v) is 7.14. The molecule has 0 radical (unpaired) electrons. The van der Waals surface area contributed by atoms with Crippen LogP contribution in [0.2, 0.25) is 0 Å². The molecule has 0 spiro atoms. The van der Waals surface area contributed by atoms with Crippen LogP contribution in [-0.2, 0) is 11.3 Å². The molecule has 3 aromatic rings. The first kappa shape index (κ1) is 17.4. The summed E-state index contributed by atoms with van der Waals surface area (Å²) >= 11 is 3.51. The van der Waals surface area contributed by atoms with E-state index in [1.54, 1.807) is 6.33 Å². The van der Waals surface area contributed by atoms with Gasteiger partial charge in [-0.25, -0.2) is 4.98 Å². The Balaban J connectivity index is 1.64. The largest absolute Gasteiger partial charge is 0.364 e. The molecule has 3 heterocycles. The van der Waals surface area contributed by atoms with Crippen molar-refractivity contribution in [3.63, 3.8) is 0 Å². The molecule has 2 aromatic heterocycles. The number of aromatic nitrogens is 4. The lowest BCUT2D eigenvalue weighted by atomic mass is 10.2. The molecule has 1 unspecified atom stereocenters. The van der Waals surface area contributed by atoms with Crippen LogP contribution in [0.1, 0.15) is 37.5 Å². The van der Waals surface area contributed by atoms with Gasteiger partial charge in [0.2, 0.25) is 0 Å². The second kappa shape index (κ2) is 7.67. The summed E-state index contributed by atoms with van der Waals surface area (Å²) in [5, 5.41) is 3.18. The molecule has 8 heteroatoms. The molecule has 1 atom stereocenters. The van der Waals surface area contributed by atoms with Gasteiger partial charge in [0, 0.05) is 17.6 Å². The number of benzene rings is 1. The molecule has 4 rings (SSSR count). The molecule has 1 N–H and O–H groups in total. The van der Waals surface area contributed by atoms with Crippen molar-refractivity contribution in [1.82, 2.24) is 19.5 Å². The minimum Gasteiger partial charge on any atom is -0.364 e. The van der Waals surface area contributed by atoms with Crippen LogP contribution in [0.4, 0.5) is 10.2 Å². The van der Waals surface area contributed by atoms with Crippen molar-refractivity contribution in [3.05, 3.63) is 46.7 Å². The number of nitrogens with one attached hydrogen (secondary N) is 1. The Kier molecular flexibility index (Phi) is 5.12. The van der Waals surface area contributed by atoms with Crippen LogP contribution < -0.4 is 5.32 Å². The van der Waals surface area contributed by atoms with Gasteiger partial charge < -0.3 is 10.1 Å². The highest BCUT2D eigenvalue weighted by molar-refractivity contribution is 9.10. The average molecular weight is 420 g/mol. The van der Waals surface area contributed by atoms with Crippen LogP contribution in [0.3, 0.4) is 0 Å². The molecule has 1 aliphatic heterocycles. The van der Waals surface area contributed by atoms with Crippen LogP contribution in [0.25, 0.3) is 11.2 Å². The van der Waals surface area contributed by atoms with E-state index in [1.165, 1.54) is 0 Å². The SMILES string of the molecule is Fc1nc(NCc2ccccc2Br)c2ncn(C3CCCCCO3)c2n1. The third-order valence-electron chi connectivity index (χ3n) is 4.51. The maximum absolute atomic E-state index is 14.1. The van der Waals surface area contributed by atoms with Gasteiger partial charge in [-0.3, -0.25) is 4.57 Å². The van der Waals surface area contributed by atoms with E-state index < -0.39 is 6.08 Å². The van der Waals surface area contributed by atoms with E-state index in [0.717, 1.165) is 35.7 Å². The summed E-state index contributed by atoms with van der Waals surface area (Å²) in [6.07, 6.45) is 4.87. The quantitative estimate of drug-likeness (QED) is 0.633. The van der Waals surface area contributed by atoms with Gasteiger partial charge in [-0.1, -0.05) is 40.5 Å². The second-order valence-electron chi connectivity index (χ2n) is 6.29. The summed E-state index contributed by atoms with van der Waals surface area (Å²) in [7, 11) is 0. The van der Waals surface area contributed by atoms with Gasteiger partial charge in [0.15, 0.2) is 17.0 Å². The molecule has 0 bridgehead atoms. The summed E-state index contributed by atoms with van der Waals surface area (Å²) in [5.41, 5.74) is 2.05. The Morgan fingerprint density at radius 1 is 1.23 bits per heavy atom. The summed E-state index contributed by atoms with van der Waals surface area (Å²) in [5.74, 6) is 0.385. The first-order valence-corrected chi connectivity index (χ1v) is 9.50. The third-order valence-corrected chi connectivity index (χ3v) is 5.29. The van der Waals surface area contributed by atoms with Crippen LogP contribution in [0.15, 0.2) is 35.1 Å². The highest BCUT2D eigenvalue weighted by atomic mass is 79.9. The number of ether oxygens (including phenoxy) is 1. The minimum absolute atomic E-state index is 0.159. The molecule has 1 fully saturated rings. The molecule has 1 aliphatic rings. The maximum Gasteiger partial charge on any atom is 0.312 e. The van der Waals surface area contributed by atoms with E-state index in [9.17, 15) is 4.39 Å². The van der Waals surface area contributed by atoms with Gasteiger partial charge in [-0.15, -0.1) is 0 Å². The zero-order valence-corrected chi connectivity index (χ0v) is 15.7. The first-order chi connectivity index (χ1) is 12.7. The monoisotopic (exact) mass is 419 g/mol. The number of anilines is 1. The molecule has 1 aromatic carbocycles. The zero-order valence-electron chi connectivity index (χ0n) is 14.2. The summed E-state index contributed by atoms with van der Waals surface area (Å²) in [6.45, 7) is 1.20. The molecule has 0 amide bonds. The predicted molar refractivity (Wildman–Crippen MR) is 100 cm³/mol. The van der Waals surface area contributed by atoms with Crippen molar-refractivity contribution in [1.29, 1.82) is 0 Å². The molecule has 1 saturated heterocycles. The minimum atomic E-state index is -0.775. The van der Waals surface area contributed by atoms with Gasteiger partial charge in [0.1, 0.15) is 6.23 Å². The van der Waals surface area contributed by atoms with Gasteiger partial charge in [-0.05, 0) is 30.9 Å². The summed E-state index contributed by atoms with van der Waals surface area (Å²) < 4.78 is 22.7. The van der Waals surface area contributed by atoms with E-state index in [0.29, 0.717) is 30.1 Å². The predicted octanol–water partition coefficient (Wildman–Crippen LogP) is 4.43. The lowest BCUT2D eigenvalue weighted by molar-refractivity contribution is 0.00928. The van der Waals surface area contributed by atoms with E-state index in [1.807, 2.05) is 28.8 Å². The summed E-state index contributed by atoms with van der Waals surface area (Å²) in [6, 6.07) is 7.86. The van der Waals surface area contributed by atoms with Crippen molar-refractivity contribution >= 4 is 32.9 Å². The van der Waals surface area contributed by atoms with Crippen molar-refractivity contribution < 1.29 is 9.13 Å². The molecule has 0 aliphatic carbocycles. The normalized spacial score (nSPS) is 18.0. The number of hydrogen-bond acceptors (Lipinski definition) is 5. The Bertz CT molecular complexity index is 908. The van der Waals surface area contributed by atoms with Crippen LogP contribution in [-0.4, -0.2) is 26.1 Å². The first-order valence-electron chi connectivity index (χ1n) is 8.71. The van der Waals surface area contributed by atoms with Crippen LogP contribution in [0.5, 0.6) is 0 Å². The van der Waals surface area contributed by atoms with Crippen LogP contribution in [0, 0.1) is 6.08 Å². The lowest BCUT2D eigenvalue weighted by Crippen LogP contribution is -2.12. The van der Waals surface area contributed by atoms with Crippen molar-refractivity contribution in [2.24, 2.45) is 0 Å². The number of nitrogens with zero attached hydrogens (tertiary/aromatic N) is 4. The topological polar surface area (TPSA) is 64.9 Å². The highest BCUT2D eigenvalue weighted by Crippen LogP contribution is 2.28. The van der Waals surface area contributed by atoms with Crippen molar-refractivity contribution in [2.45, 2.75) is 38.5 Å². The summed E-state index contributed by atoms with van der Waals surface area (Å²) in [4.78, 5) is 12.3. The smallest absolute Gasteiger partial charge is 0.312 e. The van der Waals surface area contributed by atoms with Crippen molar-refractivity contribution in [2.75, 3.05) is 11.9 Å². The van der Waals surface area contributed by atoms with E-state index in [-0.39, 0.29) is 6.23 Å². The fourth-order valence-electron chi connectivity index (χ4n) is 3.16. The third kappa shape index (κ3) is 3.57. The number of rotatable bonds is 4. The van der Waals surface area contributed by atoms with E-state index >= 15 is 0 Å². The Morgan fingerprint density at radius 2 is 2.12 bits per heavy atom. The van der Waals surface area contributed by atoms with Crippen molar-refractivity contribution in [3.8, 4) is 0 Å². The number of halogens is 2. The molecule has 136 valence electrons. The number of imidazole rings is 1. The Morgan fingerprint density at radius 3 is 3.00 bits per heavy atom. The van der Waals surface area contributed by atoms with Crippen LogP contribution >= 0.6 is 15.9 Å². The van der Waals surface area contributed by atoms with E-state index in [4.69, 9.17) is 4.74 Å². The maximum atomic E-state index is 14.1. The Hall–Kier alpha value is -2.06. The van der Waals surface area contributed by atoms with Gasteiger partial charge in [0.05, 0.1) is 6.33 Å². The molecular formula is C18H19BrFN5O. The zero-order chi connectivity index (χ0) is 17.9.